The number of rotatable bonds is 5. The van der Waals surface area contributed by atoms with E-state index in [1.165, 1.54) is 16.7 Å². The van der Waals surface area contributed by atoms with Gasteiger partial charge in [0.1, 0.15) is 17.0 Å². The molecule has 0 bridgehead atoms. The number of nitrogens with two attached hydrogens (primary N) is 3. The van der Waals surface area contributed by atoms with Gasteiger partial charge in [0.15, 0.2) is 6.21 Å². The van der Waals surface area contributed by atoms with Gasteiger partial charge in [-0.2, -0.15) is 0 Å². The van der Waals surface area contributed by atoms with Crippen molar-refractivity contribution in [2.45, 2.75) is 19.3 Å². The summed E-state index contributed by atoms with van der Waals surface area (Å²) >= 11 is 1.67. The zero-order chi connectivity index (χ0) is 26.2. The molecule has 1 amide bonds. The van der Waals surface area contributed by atoms with Crippen molar-refractivity contribution < 1.29 is 10.2 Å². The van der Waals surface area contributed by atoms with Gasteiger partial charge in [0, 0.05) is 48.3 Å². The molecule has 1 fully saturated rings. The largest absolute Gasteiger partial charge is 0.398 e. The fourth-order valence-corrected chi connectivity index (χ4v) is 6.82. The first-order chi connectivity index (χ1) is 18.5. The molecule has 4 aromatic rings. The van der Waals surface area contributed by atoms with Crippen molar-refractivity contribution in [3.63, 3.8) is 0 Å². The number of anilines is 5. The third kappa shape index (κ3) is 4.41. The van der Waals surface area contributed by atoms with Crippen LogP contribution in [0.4, 0.5) is 28.6 Å². The predicted octanol–water partition coefficient (Wildman–Crippen LogP) is 2.23. The van der Waals surface area contributed by atoms with Gasteiger partial charge in [-0.05, 0) is 55.2 Å². The predicted molar refractivity (Wildman–Crippen MR) is 154 cm³/mol. The summed E-state index contributed by atoms with van der Waals surface area (Å²) in [4.78, 5) is 29.1. The van der Waals surface area contributed by atoms with Gasteiger partial charge in [0.25, 0.3) is 0 Å². The quantitative estimate of drug-likeness (QED) is 0.231. The van der Waals surface area contributed by atoms with E-state index in [1.807, 2.05) is 47.4 Å². The Morgan fingerprint density at radius 1 is 1.08 bits per heavy atom. The summed E-state index contributed by atoms with van der Waals surface area (Å²) in [5.74, 6) is 1.01. The van der Waals surface area contributed by atoms with Crippen LogP contribution in [0.1, 0.15) is 22.4 Å². The van der Waals surface area contributed by atoms with Crippen molar-refractivity contribution >= 4 is 62.2 Å². The van der Waals surface area contributed by atoms with Gasteiger partial charge in [-0.15, -0.1) is 11.3 Å². The Morgan fingerprint density at radius 2 is 1.89 bits per heavy atom. The van der Waals surface area contributed by atoms with E-state index in [1.54, 1.807) is 17.7 Å². The fourth-order valence-electron chi connectivity index (χ4n) is 5.55. The van der Waals surface area contributed by atoms with Crippen LogP contribution < -0.4 is 27.1 Å². The fraction of sp³-hybridized carbons (Fsp3) is 0.286. The van der Waals surface area contributed by atoms with Crippen LogP contribution in [-0.2, 0) is 17.6 Å². The smallest absolute Gasteiger partial charge is 0.226 e. The van der Waals surface area contributed by atoms with E-state index in [9.17, 15) is 4.79 Å². The number of amides is 1. The average Bonchev–Trinajstić information content (AvgIpc) is 3.33. The highest BCUT2D eigenvalue weighted by atomic mass is 32.1. The SMILES string of the molecule is Nc1ccc(Nc2ncnc3sc4c(c23)CCC(C(=O)N2CCN(c3ccccc3N)CC2)C4)cc1C=[NH2+]. The number of piperazine rings is 1. The molecule has 2 aromatic carbocycles. The molecule has 7 N–H and O–H groups in total. The minimum absolute atomic E-state index is 0.00646. The molecule has 3 heterocycles. The van der Waals surface area contributed by atoms with Crippen LogP contribution in [0, 0.1) is 5.92 Å². The van der Waals surface area contributed by atoms with Crippen molar-refractivity contribution in [2.75, 3.05) is 47.9 Å². The zero-order valence-corrected chi connectivity index (χ0v) is 21.9. The maximum absolute atomic E-state index is 13.5. The van der Waals surface area contributed by atoms with Crippen molar-refractivity contribution in [1.82, 2.24) is 14.9 Å². The average molecular weight is 528 g/mol. The number of aryl methyl sites for hydroxylation is 1. The lowest BCUT2D eigenvalue weighted by atomic mass is 9.86. The molecule has 1 aliphatic carbocycles. The minimum atomic E-state index is -0.00646. The molecule has 1 aliphatic heterocycles. The first kappa shape index (κ1) is 24.2. The van der Waals surface area contributed by atoms with Gasteiger partial charge in [0.2, 0.25) is 5.91 Å². The highest BCUT2D eigenvalue weighted by Gasteiger charge is 2.33. The lowest BCUT2D eigenvalue weighted by Gasteiger charge is -2.38. The Bertz CT molecular complexity index is 1520. The molecule has 6 rings (SSSR count). The van der Waals surface area contributed by atoms with Crippen molar-refractivity contribution in [3.05, 3.63) is 64.8 Å². The van der Waals surface area contributed by atoms with Gasteiger partial charge in [-0.3, -0.25) is 10.2 Å². The Morgan fingerprint density at radius 3 is 2.68 bits per heavy atom. The summed E-state index contributed by atoms with van der Waals surface area (Å²) in [6.07, 6.45) is 5.48. The normalized spacial score (nSPS) is 17.3. The maximum atomic E-state index is 13.5. The van der Waals surface area contributed by atoms with Gasteiger partial charge < -0.3 is 26.6 Å². The molecule has 1 saturated heterocycles. The van der Waals surface area contributed by atoms with Gasteiger partial charge in [0.05, 0.1) is 22.3 Å². The van der Waals surface area contributed by atoms with E-state index in [2.05, 4.69) is 20.2 Å². The number of nitrogens with one attached hydrogen (secondary N) is 1. The molecule has 194 valence electrons. The third-order valence-electron chi connectivity index (χ3n) is 7.59. The molecule has 0 radical (unpaired) electrons. The molecular formula is C28H31N8OS+. The first-order valence-corrected chi connectivity index (χ1v) is 13.7. The molecule has 9 nitrogen and oxygen atoms in total. The molecular weight excluding hydrogens is 496 g/mol. The number of carbonyl (C=O) groups is 1. The molecule has 2 aromatic heterocycles. The minimum Gasteiger partial charge on any atom is -0.398 e. The second-order valence-electron chi connectivity index (χ2n) is 9.85. The summed E-state index contributed by atoms with van der Waals surface area (Å²) < 4.78 is 0. The lowest BCUT2D eigenvalue weighted by Crippen LogP contribution is -2.51. The number of benzene rings is 2. The third-order valence-corrected chi connectivity index (χ3v) is 8.75. The Hall–Kier alpha value is -4.18. The number of nitrogens with zero attached hydrogens (tertiary/aromatic N) is 4. The molecule has 0 spiro atoms. The molecule has 1 atom stereocenters. The summed E-state index contributed by atoms with van der Waals surface area (Å²) in [5.41, 5.74) is 17.5. The Kier molecular flexibility index (Phi) is 6.32. The monoisotopic (exact) mass is 527 g/mol. The van der Waals surface area contributed by atoms with Crippen LogP contribution in [0.3, 0.4) is 0 Å². The zero-order valence-electron chi connectivity index (χ0n) is 21.1. The lowest BCUT2D eigenvalue weighted by molar-refractivity contribution is -0.136. The molecule has 0 saturated carbocycles. The summed E-state index contributed by atoms with van der Waals surface area (Å²) in [6, 6.07) is 13.6. The number of nitrogen functional groups attached to an aromatic ring is 2. The van der Waals surface area contributed by atoms with Crippen LogP contribution in [0.15, 0.2) is 48.8 Å². The van der Waals surface area contributed by atoms with E-state index < -0.39 is 0 Å². The first-order valence-electron chi connectivity index (χ1n) is 12.9. The van der Waals surface area contributed by atoms with Crippen LogP contribution in [0.2, 0.25) is 0 Å². The van der Waals surface area contributed by atoms with E-state index in [-0.39, 0.29) is 11.8 Å². The number of hydrogen-bond acceptors (Lipinski definition) is 8. The van der Waals surface area contributed by atoms with Crippen LogP contribution in [-0.4, -0.2) is 53.2 Å². The summed E-state index contributed by atoms with van der Waals surface area (Å²) in [5, 5.41) is 10.2. The van der Waals surface area contributed by atoms with Gasteiger partial charge in [-0.25, -0.2) is 9.97 Å². The number of carbonyl (C=O) groups excluding carboxylic acids is 1. The van der Waals surface area contributed by atoms with Crippen LogP contribution in [0.5, 0.6) is 0 Å². The number of para-hydroxylation sites is 2. The van der Waals surface area contributed by atoms with Crippen LogP contribution in [0.25, 0.3) is 10.2 Å². The topological polar surface area (TPSA) is 139 Å². The van der Waals surface area contributed by atoms with Crippen LogP contribution >= 0.6 is 11.3 Å². The summed E-state index contributed by atoms with van der Waals surface area (Å²) in [6.45, 7) is 3.01. The number of thiophene rings is 1. The van der Waals surface area contributed by atoms with Gasteiger partial charge in [-0.1, -0.05) is 12.1 Å². The Labute approximate surface area is 225 Å². The van der Waals surface area contributed by atoms with E-state index in [0.29, 0.717) is 18.8 Å². The van der Waals surface area contributed by atoms with Gasteiger partial charge >= 0.3 is 0 Å². The molecule has 2 aliphatic rings. The van der Waals surface area contributed by atoms with Crippen molar-refractivity contribution in [1.29, 1.82) is 0 Å². The number of aromatic nitrogens is 2. The number of hydrogen-bond donors (Lipinski definition) is 4. The maximum Gasteiger partial charge on any atom is 0.226 e. The highest BCUT2D eigenvalue weighted by molar-refractivity contribution is 7.19. The molecule has 38 heavy (non-hydrogen) atoms. The van der Waals surface area contributed by atoms with Crippen molar-refractivity contribution in [2.24, 2.45) is 5.92 Å². The highest BCUT2D eigenvalue weighted by Crippen LogP contribution is 2.41. The standard InChI is InChI=1S/C28H30N8OS/c29-15-18-13-19(6-8-21(18)30)34-26-25-20-7-5-17(14-24(20)38-27(25)33-16-32-26)28(37)36-11-9-35(10-12-36)23-4-2-1-3-22(23)31/h1-4,6,8,13,15-17,29H,5,7,9-12,14,30-31H2,(H,32,33,34)/p+1. The van der Waals surface area contributed by atoms with E-state index in [0.717, 1.165) is 71.0 Å². The van der Waals surface area contributed by atoms with E-state index >= 15 is 0 Å². The second kappa shape index (κ2) is 9.94. The summed E-state index contributed by atoms with van der Waals surface area (Å²) in [7, 11) is 0. The van der Waals surface area contributed by atoms with Crippen molar-refractivity contribution in [3.8, 4) is 0 Å². The molecule has 1 unspecified atom stereocenters. The number of fused-ring (bicyclic) bond motifs is 3. The van der Waals surface area contributed by atoms with E-state index in [4.69, 9.17) is 16.9 Å². The molecule has 10 heteroatoms. The Balaban J connectivity index is 1.17. The second-order valence-corrected chi connectivity index (χ2v) is 10.9.